The largest absolute Gasteiger partial charge is 0.372 e. The molecular weight excluding hydrogens is 220 g/mol. The highest BCUT2D eigenvalue weighted by atomic mass is 32.2. The van der Waals surface area contributed by atoms with Crippen molar-refractivity contribution in [1.82, 2.24) is 0 Å². The quantitative estimate of drug-likeness (QED) is 0.847. The first kappa shape index (κ1) is 11.3. The van der Waals surface area contributed by atoms with Gasteiger partial charge in [-0.1, -0.05) is 6.07 Å². The molecule has 1 amide bonds. The summed E-state index contributed by atoms with van der Waals surface area (Å²) in [4.78, 5) is 11.8. The van der Waals surface area contributed by atoms with Crippen LogP contribution in [0.5, 0.6) is 0 Å². The second-order valence-electron chi connectivity index (χ2n) is 4.02. The molecule has 1 aliphatic rings. The lowest BCUT2D eigenvalue weighted by Gasteiger charge is -2.26. The molecule has 2 N–H and O–H groups in total. The molecule has 4 heteroatoms. The molecule has 0 saturated carbocycles. The van der Waals surface area contributed by atoms with E-state index in [1.54, 1.807) is 11.8 Å². The first-order valence-electron chi connectivity index (χ1n) is 5.37. The molecule has 1 heterocycles. The summed E-state index contributed by atoms with van der Waals surface area (Å²) < 4.78 is 0. The zero-order valence-electron chi connectivity index (χ0n) is 9.54. The number of carbonyl (C=O) groups is 1. The minimum absolute atomic E-state index is 0.0744. The number of amides is 1. The standard InChI is InChI=1S/C12H16N2OS/c1-8-3-4-9-11(7-8)13-10(5-6-16-2)12(15)14-9/h3-4,7,10,13H,5-6H2,1-2H3,(H,14,15). The summed E-state index contributed by atoms with van der Waals surface area (Å²) in [5.74, 6) is 1.07. The summed E-state index contributed by atoms with van der Waals surface area (Å²) in [6, 6.07) is 5.92. The van der Waals surface area contributed by atoms with Crippen molar-refractivity contribution in [1.29, 1.82) is 0 Å². The van der Waals surface area contributed by atoms with Crippen LogP contribution in [-0.2, 0) is 4.79 Å². The lowest BCUT2D eigenvalue weighted by molar-refractivity contribution is -0.117. The number of hydrogen-bond acceptors (Lipinski definition) is 3. The Hall–Kier alpha value is -1.16. The Bertz CT molecular complexity index is 406. The minimum Gasteiger partial charge on any atom is -0.372 e. The third-order valence-corrected chi connectivity index (χ3v) is 3.33. The van der Waals surface area contributed by atoms with Crippen molar-refractivity contribution in [2.45, 2.75) is 19.4 Å². The first-order valence-corrected chi connectivity index (χ1v) is 6.77. The minimum atomic E-state index is -0.0956. The summed E-state index contributed by atoms with van der Waals surface area (Å²) in [5.41, 5.74) is 3.12. The van der Waals surface area contributed by atoms with E-state index in [0.29, 0.717) is 0 Å². The van der Waals surface area contributed by atoms with E-state index < -0.39 is 0 Å². The molecule has 1 unspecified atom stereocenters. The number of rotatable bonds is 3. The fraction of sp³-hybridized carbons (Fsp3) is 0.417. The lowest BCUT2D eigenvalue weighted by Crippen LogP contribution is -2.39. The van der Waals surface area contributed by atoms with Crippen molar-refractivity contribution < 1.29 is 4.79 Å². The molecule has 1 aromatic carbocycles. The van der Waals surface area contributed by atoms with Crippen LogP contribution in [0.3, 0.4) is 0 Å². The molecule has 1 aromatic rings. The van der Waals surface area contributed by atoms with E-state index in [9.17, 15) is 4.79 Å². The Morgan fingerprint density at radius 3 is 2.94 bits per heavy atom. The number of benzene rings is 1. The number of carbonyl (C=O) groups excluding carboxylic acids is 1. The van der Waals surface area contributed by atoms with Crippen LogP contribution < -0.4 is 10.6 Å². The monoisotopic (exact) mass is 236 g/mol. The number of hydrogen-bond donors (Lipinski definition) is 2. The highest BCUT2D eigenvalue weighted by molar-refractivity contribution is 7.98. The number of fused-ring (bicyclic) bond motifs is 1. The van der Waals surface area contributed by atoms with Gasteiger partial charge in [0, 0.05) is 0 Å². The fourth-order valence-corrected chi connectivity index (χ4v) is 2.27. The second kappa shape index (κ2) is 4.78. The molecule has 1 atom stereocenters. The van der Waals surface area contributed by atoms with Gasteiger partial charge in [-0.25, -0.2) is 0 Å². The third kappa shape index (κ3) is 2.32. The molecule has 0 bridgehead atoms. The second-order valence-corrected chi connectivity index (χ2v) is 5.00. The lowest BCUT2D eigenvalue weighted by atomic mass is 10.1. The van der Waals surface area contributed by atoms with Gasteiger partial charge in [-0.2, -0.15) is 11.8 Å². The van der Waals surface area contributed by atoms with E-state index in [2.05, 4.69) is 29.9 Å². The molecule has 16 heavy (non-hydrogen) atoms. The summed E-state index contributed by atoms with van der Waals surface area (Å²) in [5, 5.41) is 6.23. The molecule has 0 aromatic heterocycles. The van der Waals surface area contributed by atoms with Crippen LogP contribution in [0, 0.1) is 6.92 Å². The molecule has 0 fully saturated rings. The average Bonchev–Trinajstić information content (AvgIpc) is 2.27. The summed E-state index contributed by atoms with van der Waals surface area (Å²) in [6.45, 7) is 2.05. The molecule has 0 aliphatic carbocycles. The van der Waals surface area contributed by atoms with E-state index >= 15 is 0 Å². The van der Waals surface area contributed by atoms with Gasteiger partial charge in [0.1, 0.15) is 6.04 Å². The van der Waals surface area contributed by atoms with Crippen LogP contribution in [0.15, 0.2) is 18.2 Å². The topological polar surface area (TPSA) is 41.1 Å². The molecule has 0 radical (unpaired) electrons. The van der Waals surface area contributed by atoms with Gasteiger partial charge < -0.3 is 10.6 Å². The predicted molar refractivity (Wildman–Crippen MR) is 70.2 cm³/mol. The molecule has 2 rings (SSSR count). The van der Waals surface area contributed by atoms with Gasteiger partial charge in [0.25, 0.3) is 0 Å². The molecule has 0 saturated heterocycles. The van der Waals surface area contributed by atoms with Crippen LogP contribution in [-0.4, -0.2) is 24.0 Å². The van der Waals surface area contributed by atoms with E-state index in [1.807, 2.05) is 12.1 Å². The molecule has 3 nitrogen and oxygen atoms in total. The highest BCUT2D eigenvalue weighted by Crippen LogP contribution is 2.28. The maximum Gasteiger partial charge on any atom is 0.246 e. The van der Waals surface area contributed by atoms with Gasteiger partial charge in [0.05, 0.1) is 11.4 Å². The fourth-order valence-electron chi connectivity index (χ4n) is 1.80. The van der Waals surface area contributed by atoms with Crippen LogP contribution in [0.25, 0.3) is 0 Å². The van der Waals surface area contributed by atoms with Crippen LogP contribution in [0.4, 0.5) is 11.4 Å². The Morgan fingerprint density at radius 2 is 2.19 bits per heavy atom. The number of nitrogens with one attached hydrogen (secondary N) is 2. The number of aryl methyl sites for hydroxylation is 1. The van der Waals surface area contributed by atoms with Gasteiger partial charge in [-0.05, 0) is 43.0 Å². The Kier molecular flexibility index (Phi) is 3.39. The van der Waals surface area contributed by atoms with Crippen molar-refractivity contribution >= 4 is 29.0 Å². The van der Waals surface area contributed by atoms with Crippen molar-refractivity contribution in [2.24, 2.45) is 0 Å². The van der Waals surface area contributed by atoms with Gasteiger partial charge >= 0.3 is 0 Å². The van der Waals surface area contributed by atoms with E-state index in [-0.39, 0.29) is 11.9 Å². The van der Waals surface area contributed by atoms with Crippen molar-refractivity contribution in [2.75, 3.05) is 22.6 Å². The number of thioether (sulfide) groups is 1. The van der Waals surface area contributed by atoms with Crippen molar-refractivity contribution in [3.63, 3.8) is 0 Å². The maximum absolute atomic E-state index is 11.8. The molecular formula is C12H16N2OS. The van der Waals surface area contributed by atoms with Crippen LogP contribution in [0.2, 0.25) is 0 Å². The molecule has 1 aliphatic heterocycles. The van der Waals surface area contributed by atoms with Gasteiger partial charge in [0.2, 0.25) is 5.91 Å². The highest BCUT2D eigenvalue weighted by Gasteiger charge is 2.24. The van der Waals surface area contributed by atoms with Crippen molar-refractivity contribution in [3.8, 4) is 0 Å². The summed E-state index contributed by atoms with van der Waals surface area (Å²) >= 11 is 1.76. The Balaban J connectivity index is 2.16. The van der Waals surface area contributed by atoms with Gasteiger partial charge in [-0.15, -0.1) is 0 Å². The first-order chi connectivity index (χ1) is 7.70. The average molecular weight is 236 g/mol. The number of anilines is 2. The molecule has 86 valence electrons. The maximum atomic E-state index is 11.8. The summed E-state index contributed by atoms with van der Waals surface area (Å²) in [6.07, 6.45) is 2.92. The van der Waals surface area contributed by atoms with Crippen LogP contribution >= 0.6 is 11.8 Å². The van der Waals surface area contributed by atoms with Gasteiger partial charge in [-0.3, -0.25) is 4.79 Å². The van der Waals surface area contributed by atoms with E-state index in [1.165, 1.54) is 5.56 Å². The summed E-state index contributed by atoms with van der Waals surface area (Å²) in [7, 11) is 0. The zero-order valence-corrected chi connectivity index (χ0v) is 10.4. The normalized spacial score (nSPS) is 18.6. The third-order valence-electron chi connectivity index (χ3n) is 2.69. The van der Waals surface area contributed by atoms with E-state index in [4.69, 9.17) is 0 Å². The van der Waals surface area contributed by atoms with Gasteiger partial charge in [0.15, 0.2) is 0 Å². The Morgan fingerprint density at radius 1 is 1.38 bits per heavy atom. The van der Waals surface area contributed by atoms with E-state index in [0.717, 1.165) is 23.5 Å². The smallest absolute Gasteiger partial charge is 0.246 e. The Labute approximate surface area is 100.0 Å². The molecule has 0 spiro atoms. The van der Waals surface area contributed by atoms with Crippen LogP contribution in [0.1, 0.15) is 12.0 Å². The SMILES string of the molecule is CSCCC1Nc2cc(C)ccc2NC1=O. The van der Waals surface area contributed by atoms with Crippen molar-refractivity contribution in [3.05, 3.63) is 23.8 Å². The zero-order chi connectivity index (χ0) is 11.5. The predicted octanol–water partition coefficient (Wildman–Crippen LogP) is 2.48.